The molecule has 1 rings (SSSR count). The lowest BCUT2D eigenvalue weighted by Gasteiger charge is -2.13. The first kappa shape index (κ1) is 11.3. The molecule has 14 heavy (non-hydrogen) atoms. The Kier molecular flexibility index (Phi) is 3.07. The van der Waals surface area contributed by atoms with Crippen LogP contribution in [0.15, 0.2) is 12.1 Å². The van der Waals surface area contributed by atoms with E-state index in [-0.39, 0.29) is 10.6 Å². The fourth-order valence-electron chi connectivity index (χ4n) is 1.24. The highest BCUT2D eigenvalue weighted by atomic mass is 35.5. The van der Waals surface area contributed by atoms with Crippen molar-refractivity contribution in [3.63, 3.8) is 0 Å². The maximum atomic E-state index is 12.4. The van der Waals surface area contributed by atoms with Gasteiger partial charge in [0.2, 0.25) is 0 Å². The molecule has 0 saturated heterocycles. The molecule has 0 fully saturated rings. The van der Waals surface area contributed by atoms with Gasteiger partial charge in [-0.1, -0.05) is 11.6 Å². The molecule has 1 aromatic rings. The zero-order valence-corrected chi connectivity index (χ0v) is 8.08. The molecule has 0 heterocycles. The fraction of sp³-hybridized carbons (Fsp3) is 0.333. The monoisotopic (exact) mass is 224 g/mol. The molecule has 5 heteroatoms. The number of halogens is 4. The van der Waals surface area contributed by atoms with Crippen LogP contribution in [0.3, 0.4) is 0 Å². The van der Waals surface area contributed by atoms with Crippen LogP contribution in [0.4, 0.5) is 13.2 Å². The van der Waals surface area contributed by atoms with Crippen molar-refractivity contribution >= 4 is 11.6 Å². The van der Waals surface area contributed by atoms with E-state index >= 15 is 0 Å². The number of hydrogen-bond acceptors (Lipinski definition) is 1. The number of benzene rings is 1. The van der Waals surface area contributed by atoms with Crippen LogP contribution in [-0.4, -0.2) is 5.11 Å². The number of aliphatic hydroxyl groups excluding tert-OH is 1. The molecular formula is C9H8ClF3O. The average molecular weight is 225 g/mol. The number of rotatable bonds is 1. The highest BCUT2D eigenvalue weighted by molar-refractivity contribution is 6.30. The second-order valence-electron chi connectivity index (χ2n) is 2.90. The minimum Gasteiger partial charge on any atom is -0.392 e. The topological polar surface area (TPSA) is 20.2 Å². The van der Waals surface area contributed by atoms with Gasteiger partial charge in [0.15, 0.2) is 0 Å². The number of hydrogen-bond donors (Lipinski definition) is 1. The summed E-state index contributed by atoms with van der Waals surface area (Å²) < 4.78 is 37.3. The molecule has 0 saturated carbocycles. The van der Waals surface area contributed by atoms with Crippen LogP contribution in [0.5, 0.6) is 0 Å². The van der Waals surface area contributed by atoms with Gasteiger partial charge in [0.05, 0.1) is 12.2 Å². The van der Waals surface area contributed by atoms with Crippen molar-refractivity contribution in [1.29, 1.82) is 0 Å². The van der Waals surface area contributed by atoms with Gasteiger partial charge in [-0.3, -0.25) is 0 Å². The maximum Gasteiger partial charge on any atom is 0.416 e. The van der Waals surface area contributed by atoms with Gasteiger partial charge < -0.3 is 5.11 Å². The summed E-state index contributed by atoms with van der Waals surface area (Å²) in [4.78, 5) is 0. The van der Waals surface area contributed by atoms with E-state index in [0.717, 1.165) is 6.07 Å². The van der Waals surface area contributed by atoms with Gasteiger partial charge in [-0.15, -0.1) is 0 Å². The molecule has 0 aliphatic rings. The Morgan fingerprint density at radius 3 is 2.36 bits per heavy atom. The van der Waals surface area contributed by atoms with Crippen LogP contribution in [0, 0.1) is 6.92 Å². The van der Waals surface area contributed by atoms with E-state index in [9.17, 15) is 13.2 Å². The molecule has 0 atom stereocenters. The van der Waals surface area contributed by atoms with Crippen LogP contribution < -0.4 is 0 Å². The minimum absolute atomic E-state index is 0.0204. The van der Waals surface area contributed by atoms with Crippen molar-refractivity contribution in [2.45, 2.75) is 19.7 Å². The third-order valence-electron chi connectivity index (χ3n) is 1.90. The summed E-state index contributed by atoms with van der Waals surface area (Å²) in [5.74, 6) is 0. The molecule has 0 spiro atoms. The fourth-order valence-corrected chi connectivity index (χ4v) is 1.51. The standard InChI is InChI=1S/C9H8ClF3O/c1-5-2-6(10)3-8(7(5)4-14)9(11,12)13/h2-3,14H,4H2,1H3. The average Bonchev–Trinajstić information content (AvgIpc) is 2.01. The molecule has 0 bridgehead atoms. The van der Waals surface area contributed by atoms with E-state index < -0.39 is 18.3 Å². The van der Waals surface area contributed by atoms with E-state index in [1.807, 2.05) is 0 Å². The third kappa shape index (κ3) is 2.19. The molecule has 1 aromatic carbocycles. The van der Waals surface area contributed by atoms with Crippen LogP contribution in [0.2, 0.25) is 5.02 Å². The summed E-state index contributed by atoms with van der Waals surface area (Å²) in [7, 11) is 0. The Bertz CT molecular complexity index is 347. The summed E-state index contributed by atoms with van der Waals surface area (Å²) in [6.45, 7) is 0.838. The molecule has 0 amide bonds. The van der Waals surface area contributed by atoms with E-state index in [2.05, 4.69) is 0 Å². The molecule has 0 unspecified atom stereocenters. The van der Waals surface area contributed by atoms with Crippen molar-refractivity contribution < 1.29 is 18.3 Å². The largest absolute Gasteiger partial charge is 0.416 e. The number of alkyl halides is 3. The molecular weight excluding hydrogens is 217 g/mol. The van der Waals surface area contributed by atoms with Crippen LogP contribution in [0.1, 0.15) is 16.7 Å². The first-order valence-corrected chi connectivity index (χ1v) is 4.21. The Labute approximate surface area is 84.1 Å². The lowest BCUT2D eigenvalue weighted by atomic mass is 10.0. The number of aryl methyl sites for hydroxylation is 1. The molecule has 0 aliphatic heterocycles. The van der Waals surface area contributed by atoms with Gasteiger partial charge in [-0.25, -0.2) is 0 Å². The maximum absolute atomic E-state index is 12.4. The Hall–Kier alpha value is -0.740. The molecule has 1 N–H and O–H groups in total. The minimum atomic E-state index is -4.48. The second kappa shape index (κ2) is 3.79. The normalized spacial score (nSPS) is 11.9. The second-order valence-corrected chi connectivity index (χ2v) is 3.34. The van der Waals surface area contributed by atoms with Crippen molar-refractivity contribution in [2.75, 3.05) is 0 Å². The van der Waals surface area contributed by atoms with Crippen molar-refractivity contribution in [3.8, 4) is 0 Å². The van der Waals surface area contributed by atoms with Crippen LogP contribution in [-0.2, 0) is 12.8 Å². The van der Waals surface area contributed by atoms with Gasteiger partial charge in [-0.05, 0) is 30.2 Å². The van der Waals surface area contributed by atoms with E-state index in [0.29, 0.717) is 5.56 Å². The zero-order valence-electron chi connectivity index (χ0n) is 7.32. The first-order valence-electron chi connectivity index (χ1n) is 3.83. The summed E-state index contributed by atoms with van der Waals surface area (Å²) >= 11 is 5.50. The SMILES string of the molecule is Cc1cc(Cl)cc(C(F)(F)F)c1CO. The number of aliphatic hydroxyl groups is 1. The van der Waals surface area contributed by atoms with Gasteiger partial charge >= 0.3 is 6.18 Å². The molecule has 0 aliphatic carbocycles. The van der Waals surface area contributed by atoms with Crippen LogP contribution in [0.25, 0.3) is 0 Å². The lowest BCUT2D eigenvalue weighted by Crippen LogP contribution is -2.10. The molecule has 0 radical (unpaired) electrons. The van der Waals surface area contributed by atoms with Crippen molar-refractivity contribution in [3.05, 3.63) is 33.8 Å². The summed E-state index contributed by atoms with van der Waals surface area (Å²) in [5.41, 5.74) is -0.653. The highest BCUT2D eigenvalue weighted by Gasteiger charge is 2.34. The molecule has 0 aromatic heterocycles. The van der Waals surface area contributed by atoms with Crippen molar-refractivity contribution in [1.82, 2.24) is 0 Å². The quantitative estimate of drug-likeness (QED) is 0.777. The lowest BCUT2D eigenvalue weighted by molar-refractivity contribution is -0.138. The predicted octanol–water partition coefficient (Wildman–Crippen LogP) is 3.16. The van der Waals surface area contributed by atoms with E-state index in [1.165, 1.54) is 13.0 Å². The Morgan fingerprint density at radius 1 is 1.36 bits per heavy atom. The van der Waals surface area contributed by atoms with E-state index in [4.69, 9.17) is 16.7 Å². The highest BCUT2D eigenvalue weighted by Crippen LogP contribution is 2.35. The van der Waals surface area contributed by atoms with Crippen LogP contribution >= 0.6 is 11.6 Å². The summed E-state index contributed by atoms with van der Waals surface area (Å²) in [5, 5.41) is 8.83. The Balaban J connectivity index is 3.40. The first-order chi connectivity index (χ1) is 6.36. The van der Waals surface area contributed by atoms with Gasteiger partial charge in [-0.2, -0.15) is 13.2 Å². The predicted molar refractivity (Wildman–Crippen MR) is 47.1 cm³/mol. The van der Waals surface area contributed by atoms with Gasteiger partial charge in [0, 0.05) is 5.02 Å². The summed E-state index contributed by atoms with van der Waals surface area (Å²) in [6, 6.07) is 2.21. The Morgan fingerprint density at radius 2 is 1.93 bits per heavy atom. The molecule has 1 nitrogen and oxygen atoms in total. The van der Waals surface area contributed by atoms with E-state index in [1.54, 1.807) is 0 Å². The van der Waals surface area contributed by atoms with Crippen molar-refractivity contribution in [2.24, 2.45) is 0 Å². The third-order valence-corrected chi connectivity index (χ3v) is 2.12. The molecule has 78 valence electrons. The smallest absolute Gasteiger partial charge is 0.392 e. The van der Waals surface area contributed by atoms with Gasteiger partial charge in [0.1, 0.15) is 0 Å². The van der Waals surface area contributed by atoms with Gasteiger partial charge in [0.25, 0.3) is 0 Å². The summed E-state index contributed by atoms with van der Waals surface area (Å²) in [6.07, 6.45) is -4.48. The zero-order chi connectivity index (χ0) is 10.9.